The summed E-state index contributed by atoms with van der Waals surface area (Å²) in [5.41, 5.74) is 0. The molecule has 0 rings (SSSR count). The van der Waals surface area contributed by atoms with Crippen LogP contribution in [-0.4, -0.2) is 74.8 Å². The van der Waals surface area contributed by atoms with E-state index < -0.39 is 12.2 Å². The minimum absolute atomic E-state index is 0. The Labute approximate surface area is 75.8 Å². The first kappa shape index (κ1) is 18.5. The fourth-order valence-electron chi connectivity index (χ4n) is 0.115. The Hall–Kier alpha value is -0.280. The van der Waals surface area contributed by atoms with Crippen LogP contribution in [-0.2, 0) is 0 Å². The minimum atomic E-state index is -0.954. The van der Waals surface area contributed by atoms with Gasteiger partial charge in [-0.2, -0.15) is 0 Å². The van der Waals surface area contributed by atoms with Crippen LogP contribution in [0, 0.1) is 0 Å². The van der Waals surface area contributed by atoms with E-state index in [9.17, 15) is 0 Å². The molecule has 0 fully saturated rings. The molecular weight excluding hydrogens is 184 g/mol. The maximum Gasteiger partial charge on any atom is 0.100 e. The molecule has 7 nitrogen and oxygen atoms in total. The van der Waals surface area contributed by atoms with Crippen molar-refractivity contribution in [3.63, 3.8) is 0 Å². The molecule has 0 unspecified atom stereocenters. The summed E-state index contributed by atoms with van der Waals surface area (Å²) >= 11 is 0. The molecule has 0 aromatic rings. The SMILES string of the molecule is O.OCC(O)CO.OCC(O)CO. The van der Waals surface area contributed by atoms with Gasteiger partial charge in [0.1, 0.15) is 12.2 Å². The van der Waals surface area contributed by atoms with Crippen LogP contribution < -0.4 is 0 Å². The average Bonchev–Trinajstić information content (AvgIpc) is 2.16. The zero-order valence-electron chi connectivity index (χ0n) is 7.17. The second kappa shape index (κ2) is 14.3. The van der Waals surface area contributed by atoms with E-state index in [-0.39, 0.29) is 31.9 Å². The van der Waals surface area contributed by atoms with E-state index in [1.54, 1.807) is 0 Å². The maximum atomic E-state index is 8.17. The van der Waals surface area contributed by atoms with Gasteiger partial charge in [0.25, 0.3) is 0 Å². The van der Waals surface area contributed by atoms with Gasteiger partial charge >= 0.3 is 0 Å². The van der Waals surface area contributed by atoms with Crippen molar-refractivity contribution in [3.8, 4) is 0 Å². The maximum absolute atomic E-state index is 8.17. The van der Waals surface area contributed by atoms with Crippen LogP contribution in [0.3, 0.4) is 0 Å². The molecule has 84 valence electrons. The summed E-state index contributed by atoms with van der Waals surface area (Å²) in [6.45, 7) is -1.46. The molecule has 13 heavy (non-hydrogen) atoms. The van der Waals surface area contributed by atoms with Crippen LogP contribution in [0.1, 0.15) is 0 Å². The van der Waals surface area contributed by atoms with Gasteiger partial charge in [0.15, 0.2) is 0 Å². The lowest BCUT2D eigenvalue weighted by molar-refractivity contribution is 0.0450. The molecule has 0 radical (unpaired) electrons. The van der Waals surface area contributed by atoms with Gasteiger partial charge in [-0.25, -0.2) is 0 Å². The zero-order valence-corrected chi connectivity index (χ0v) is 7.17. The zero-order chi connectivity index (χ0) is 9.98. The molecular formula is C6H18O7. The number of aliphatic hydroxyl groups is 6. The third-order valence-corrected chi connectivity index (χ3v) is 0.843. The molecule has 0 aromatic carbocycles. The topological polar surface area (TPSA) is 153 Å². The predicted octanol–water partition coefficient (Wildman–Crippen LogP) is -4.16. The largest absolute Gasteiger partial charge is 0.412 e. The third kappa shape index (κ3) is 18.6. The van der Waals surface area contributed by atoms with Gasteiger partial charge in [-0.15, -0.1) is 0 Å². The fourth-order valence-corrected chi connectivity index (χ4v) is 0.115. The molecule has 0 bridgehead atoms. The molecule has 0 aromatic heterocycles. The van der Waals surface area contributed by atoms with E-state index in [0.717, 1.165) is 0 Å². The molecule has 0 aliphatic heterocycles. The van der Waals surface area contributed by atoms with Crippen molar-refractivity contribution in [1.29, 1.82) is 0 Å². The van der Waals surface area contributed by atoms with Gasteiger partial charge in [-0.05, 0) is 0 Å². The van der Waals surface area contributed by atoms with Crippen LogP contribution in [0.25, 0.3) is 0 Å². The monoisotopic (exact) mass is 202 g/mol. The highest BCUT2D eigenvalue weighted by atomic mass is 16.3. The summed E-state index contributed by atoms with van der Waals surface area (Å²) in [4.78, 5) is 0. The van der Waals surface area contributed by atoms with Crippen LogP contribution >= 0.6 is 0 Å². The molecule has 0 aliphatic rings. The highest BCUT2D eigenvalue weighted by Crippen LogP contribution is 1.72. The molecule has 0 heterocycles. The quantitative estimate of drug-likeness (QED) is 0.272. The Morgan fingerprint density at radius 3 is 0.769 bits per heavy atom. The average molecular weight is 202 g/mol. The Balaban J connectivity index is -0.000000143. The Morgan fingerprint density at radius 1 is 0.615 bits per heavy atom. The Kier molecular flexibility index (Phi) is 20.3. The Bertz CT molecular complexity index is 61.4. The smallest absolute Gasteiger partial charge is 0.100 e. The van der Waals surface area contributed by atoms with Gasteiger partial charge in [-0.3, -0.25) is 0 Å². The molecule has 0 amide bonds. The lowest BCUT2D eigenvalue weighted by Crippen LogP contribution is -2.15. The lowest BCUT2D eigenvalue weighted by atomic mass is 10.4. The summed E-state index contributed by atoms with van der Waals surface area (Å²) in [5.74, 6) is 0. The first-order valence-corrected chi connectivity index (χ1v) is 3.41. The van der Waals surface area contributed by atoms with Gasteiger partial charge in [-0.1, -0.05) is 0 Å². The normalized spacial score (nSPS) is 9.23. The summed E-state index contributed by atoms with van der Waals surface area (Å²) in [5, 5.41) is 48.0. The number of rotatable bonds is 4. The first-order valence-electron chi connectivity index (χ1n) is 3.41. The molecule has 0 saturated heterocycles. The van der Waals surface area contributed by atoms with E-state index in [1.807, 2.05) is 0 Å². The van der Waals surface area contributed by atoms with E-state index in [4.69, 9.17) is 30.6 Å². The van der Waals surface area contributed by atoms with Crippen molar-refractivity contribution in [1.82, 2.24) is 0 Å². The molecule has 0 aliphatic carbocycles. The van der Waals surface area contributed by atoms with Crippen molar-refractivity contribution >= 4 is 0 Å². The molecule has 0 atom stereocenters. The van der Waals surface area contributed by atoms with Gasteiger partial charge in [0, 0.05) is 0 Å². The first-order chi connectivity index (χ1) is 5.62. The fraction of sp³-hybridized carbons (Fsp3) is 1.00. The van der Waals surface area contributed by atoms with Gasteiger partial charge in [0.2, 0.25) is 0 Å². The lowest BCUT2D eigenvalue weighted by Gasteiger charge is -1.96. The van der Waals surface area contributed by atoms with E-state index in [0.29, 0.717) is 0 Å². The van der Waals surface area contributed by atoms with Gasteiger partial charge < -0.3 is 36.1 Å². The van der Waals surface area contributed by atoms with Crippen molar-refractivity contribution in [2.75, 3.05) is 26.4 Å². The molecule has 0 saturated carbocycles. The molecule has 0 spiro atoms. The van der Waals surface area contributed by atoms with Gasteiger partial charge in [0.05, 0.1) is 26.4 Å². The minimum Gasteiger partial charge on any atom is -0.412 e. The second-order valence-corrected chi connectivity index (χ2v) is 2.04. The van der Waals surface area contributed by atoms with Crippen molar-refractivity contribution in [2.45, 2.75) is 12.2 Å². The predicted molar refractivity (Wildman–Crippen MR) is 44.0 cm³/mol. The van der Waals surface area contributed by atoms with E-state index >= 15 is 0 Å². The number of hydrogen-bond donors (Lipinski definition) is 6. The summed E-state index contributed by atoms with van der Waals surface area (Å²) < 4.78 is 0. The summed E-state index contributed by atoms with van der Waals surface area (Å²) in [6, 6.07) is 0. The van der Waals surface area contributed by atoms with Crippen LogP contribution in [0.15, 0.2) is 0 Å². The standard InChI is InChI=1S/2C3H8O3.H2O/c2*4-1-3(6)2-5;/h2*3-6H,1-2H2;1H2. The van der Waals surface area contributed by atoms with Crippen LogP contribution in [0.4, 0.5) is 0 Å². The number of aliphatic hydroxyl groups excluding tert-OH is 6. The highest BCUT2D eigenvalue weighted by molar-refractivity contribution is 4.44. The molecule has 8 N–H and O–H groups in total. The van der Waals surface area contributed by atoms with Crippen molar-refractivity contribution in [3.05, 3.63) is 0 Å². The van der Waals surface area contributed by atoms with E-state index in [1.165, 1.54) is 0 Å². The number of hydrogen-bond acceptors (Lipinski definition) is 6. The summed E-state index contributed by atoms with van der Waals surface area (Å²) in [6.07, 6.45) is -1.91. The van der Waals surface area contributed by atoms with Crippen LogP contribution in [0.5, 0.6) is 0 Å². The van der Waals surface area contributed by atoms with Crippen LogP contribution in [0.2, 0.25) is 0 Å². The van der Waals surface area contributed by atoms with E-state index in [2.05, 4.69) is 0 Å². The third-order valence-electron chi connectivity index (χ3n) is 0.843. The van der Waals surface area contributed by atoms with Crippen molar-refractivity contribution < 1.29 is 36.1 Å². The summed E-state index contributed by atoms with van der Waals surface area (Å²) in [7, 11) is 0. The highest BCUT2D eigenvalue weighted by Gasteiger charge is 1.94. The second-order valence-electron chi connectivity index (χ2n) is 2.04. The van der Waals surface area contributed by atoms with Crippen molar-refractivity contribution in [2.24, 2.45) is 0 Å². The Morgan fingerprint density at radius 2 is 0.769 bits per heavy atom. The molecule has 7 heteroatoms.